The van der Waals surface area contributed by atoms with E-state index in [0.29, 0.717) is 0 Å². The van der Waals surface area contributed by atoms with E-state index in [9.17, 15) is 22.4 Å². The zero-order valence-corrected chi connectivity index (χ0v) is 13.1. The van der Waals surface area contributed by atoms with E-state index in [1.807, 2.05) is 0 Å². The van der Waals surface area contributed by atoms with Crippen molar-refractivity contribution in [1.29, 1.82) is 5.41 Å². The van der Waals surface area contributed by atoms with Gasteiger partial charge < -0.3 is 21.2 Å². The van der Waals surface area contributed by atoms with E-state index in [4.69, 9.17) is 11.1 Å². The Balaban J connectivity index is 2.16. The van der Waals surface area contributed by atoms with Crippen LogP contribution < -0.4 is 15.8 Å². The fourth-order valence-electron chi connectivity index (χ4n) is 2.01. The van der Waals surface area contributed by atoms with Crippen LogP contribution >= 0.6 is 0 Å². The number of allylic oxidation sites excluding steroid dienone is 1. The number of hydrogen-bond acceptors (Lipinski definition) is 4. The highest BCUT2D eigenvalue weighted by atomic mass is 19.4. The molecule has 4 N–H and O–H groups in total. The maximum Gasteiger partial charge on any atom is 0.573 e. The molecular weight excluding hydrogens is 354 g/mol. The lowest BCUT2D eigenvalue weighted by Gasteiger charge is -2.10. The molecule has 0 radical (unpaired) electrons. The van der Waals surface area contributed by atoms with Gasteiger partial charge >= 0.3 is 6.36 Å². The predicted octanol–water partition coefficient (Wildman–Crippen LogP) is 3.93. The highest BCUT2D eigenvalue weighted by Crippen LogP contribution is 2.24. The normalized spacial score (nSPS) is 11.8. The Kier molecular flexibility index (Phi) is 5.61. The first-order chi connectivity index (χ1) is 12.2. The Morgan fingerprint density at radius 3 is 2.38 bits per heavy atom. The third kappa shape index (κ3) is 5.07. The number of carbonyl (C=O) groups is 1. The topological polar surface area (TPSA) is 88.2 Å². The zero-order valence-electron chi connectivity index (χ0n) is 13.1. The van der Waals surface area contributed by atoms with Gasteiger partial charge in [0.15, 0.2) is 0 Å². The maximum absolute atomic E-state index is 13.8. The quantitative estimate of drug-likeness (QED) is 0.553. The highest BCUT2D eigenvalue weighted by Gasteiger charge is 2.30. The van der Waals surface area contributed by atoms with Crippen LogP contribution in [0.4, 0.5) is 23.2 Å². The van der Waals surface area contributed by atoms with Gasteiger partial charge in [0.1, 0.15) is 11.6 Å². The van der Waals surface area contributed by atoms with Crippen molar-refractivity contribution < 1.29 is 27.1 Å². The fraction of sp³-hybridized carbons (Fsp3) is 0.0588. The SMILES string of the molecule is N=C/C=C(\N)c1cc(C(=O)Nc2ccc(OC(F)(F)F)cc2)ccc1F. The average molecular weight is 367 g/mol. The molecule has 9 heteroatoms. The second-order valence-corrected chi connectivity index (χ2v) is 5.01. The number of benzene rings is 2. The third-order valence-corrected chi connectivity index (χ3v) is 3.15. The molecule has 2 aromatic carbocycles. The van der Waals surface area contributed by atoms with Gasteiger partial charge in [-0.15, -0.1) is 13.2 Å². The summed E-state index contributed by atoms with van der Waals surface area (Å²) in [5.74, 6) is -1.70. The molecule has 0 saturated heterocycles. The van der Waals surface area contributed by atoms with E-state index in [1.54, 1.807) is 0 Å². The maximum atomic E-state index is 13.8. The van der Waals surface area contributed by atoms with E-state index in [-0.39, 0.29) is 22.5 Å². The van der Waals surface area contributed by atoms with Crippen LogP contribution in [0, 0.1) is 11.2 Å². The van der Waals surface area contributed by atoms with E-state index < -0.39 is 23.8 Å². The molecule has 2 aromatic rings. The first-order valence-electron chi connectivity index (χ1n) is 7.13. The molecule has 26 heavy (non-hydrogen) atoms. The zero-order chi connectivity index (χ0) is 19.3. The number of nitrogens with one attached hydrogen (secondary N) is 2. The van der Waals surface area contributed by atoms with Gasteiger partial charge in [0.2, 0.25) is 0 Å². The summed E-state index contributed by atoms with van der Waals surface area (Å²) in [7, 11) is 0. The number of rotatable bonds is 5. The molecule has 0 saturated carbocycles. The molecule has 0 heterocycles. The fourth-order valence-corrected chi connectivity index (χ4v) is 2.01. The van der Waals surface area contributed by atoms with E-state index in [2.05, 4.69) is 10.1 Å². The Morgan fingerprint density at radius 2 is 1.81 bits per heavy atom. The summed E-state index contributed by atoms with van der Waals surface area (Å²) in [5.41, 5.74) is 5.86. The lowest BCUT2D eigenvalue weighted by atomic mass is 10.1. The molecule has 0 aliphatic rings. The number of halogens is 4. The number of nitrogens with two attached hydrogens (primary N) is 1. The molecule has 0 aliphatic heterocycles. The molecule has 5 nitrogen and oxygen atoms in total. The minimum Gasteiger partial charge on any atom is -0.406 e. The first kappa shape index (κ1) is 19.0. The van der Waals surface area contributed by atoms with Crippen molar-refractivity contribution in [2.75, 3.05) is 5.32 Å². The number of hydrogen-bond donors (Lipinski definition) is 3. The molecule has 0 atom stereocenters. The molecule has 0 bridgehead atoms. The molecular formula is C17H13F4N3O2. The van der Waals surface area contributed by atoms with Gasteiger partial charge in [0.05, 0.1) is 0 Å². The van der Waals surface area contributed by atoms with E-state index >= 15 is 0 Å². The molecule has 0 unspecified atom stereocenters. The third-order valence-electron chi connectivity index (χ3n) is 3.15. The summed E-state index contributed by atoms with van der Waals surface area (Å²) in [4.78, 5) is 12.2. The van der Waals surface area contributed by atoms with E-state index in [1.165, 1.54) is 30.3 Å². The number of ether oxygens (including phenoxy) is 1. The summed E-state index contributed by atoms with van der Waals surface area (Å²) in [6.45, 7) is 0. The number of anilines is 1. The minimum absolute atomic E-state index is 0.0270. The van der Waals surface area contributed by atoms with Crippen LogP contribution in [0.25, 0.3) is 5.70 Å². The summed E-state index contributed by atoms with van der Waals surface area (Å²) in [5, 5.41) is 9.41. The standard InChI is InChI=1S/C17H13F4N3O2/c18-14-6-1-10(9-13(14)15(23)7-8-22)16(25)24-11-2-4-12(5-3-11)26-17(19,20)21/h1-9,22H,23H2,(H,24,25)/b15-7-,22-8?. The molecule has 0 spiro atoms. The van der Waals surface area contributed by atoms with Gasteiger partial charge in [0.25, 0.3) is 5.91 Å². The average Bonchev–Trinajstić information content (AvgIpc) is 2.56. The molecule has 0 aliphatic carbocycles. The van der Waals surface area contributed by atoms with Crippen molar-refractivity contribution in [3.05, 3.63) is 65.5 Å². The van der Waals surface area contributed by atoms with Crippen molar-refractivity contribution in [2.45, 2.75) is 6.36 Å². The molecule has 0 aromatic heterocycles. The van der Waals surface area contributed by atoms with Crippen LogP contribution in [0.1, 0.15) is 15.9 Å². The van der Waals surface area contributed by atoms with Gasteiger partial charge in [-0.1, -0.05) is 0 Å². The second-order valence-electron chi connectivity index (χ2n) is 5.01. The molecule has 2 rings (SSSR count). The molecule has 136 valence electrons. The lowest BCUT2D eigenvalue weighted by molar-refractivity contribution is -0.274. The molecule has 1 amide bonds. The van der Waals surface area contributed by atoms with Crippen molar-refractivity contribution >= 4 is 23.5 Å². The number of carbonyl (C=O) groups excluding carboxylic acids is 1. The minimum atomic E-state index is -4.81. The smallest absolute Gasteiger partial charge is 0.406 e. The Labute approximate surface area is 145 Å². The van der Waals surface area contributed by atoms with Crippen LogP contribution in [0.2, 0.25) is 0 Å². The number of amides is 1. The van der Waals surface area contributed by atoms with Crippen molar-refractivity contribution in [2.24, 2.45) is 5.73 Å². The van der Waals surface area contributed by atoms with Crippen LogP contribution in [0.5, 0.6) is 5.75 Å². The van der Waals surface area contributed by atoms with Crippen molar-refractivity contribution in [1.82, 2.24) is 0 Å². The Bertz CT molecular complexity index is 846. The summed E-state index contributed by atoms with van der Waals surface area (Å²) in [6.07, 6.45) is -2.76. The van der Waals surface area contributed by atoms with Crippen LogP contribution in [0.3, 0.4) is 0 Å². The highest BCUT2D eigenvalue weighted by molar-refractivity contribution is 6.04. The van der Waals surface area contributed by atoms with Crippen LogP contribution in [-0.2, 0) is 0 Å². The number of alkyl halides is 3. The lowest BCUT2D eigenvalue weighted by Crippen LogP contribution is -2.17. The van der Waals surface area contributed by atoms with Crippen molar-refractivity contribution in [3.8, 4) is 5.75 Å². The summed E-state index contributed by atoms with van der Waals surface area (Å²) in [6, 6.07) is 8.04. The second kappa shape index (κ2) is 7.68. The van der Waals surface area contributed by atoms with Crippen LogP contribution in [0.15, 0.2) is 48.5 Å². The van der Waals surface area contributed by atoms with Gasteiger partial charge in [-0.2, -0.15) is 0 Å². The van der Waals surface area contributed by atoms with Gasteiger partial charge in [-0.3, -0.25) is 4.79 Å². The monoisotopic (exact) mass is 367 g/mol. The summed E-state index contributed by atoms with van der Waals surface area (Å²) < 4.78 is 53.8. The largest absolute Gasteiger partial charge is 0.573 e. The summed E-state index contributed by atoms with van der Waals surface area (Å²) >= 11 is 0. The van der Waals surface area contributed by atoms with Gasteiger partial charge in [-0.05, 0) is 48.5 Å². The predicted molar refractivity (Wildman–Crippen MR) is 88.4 cm³/mol. The van der Waals surface area contributed by atoms with Crippen LogP contribution in [-0.4, -0.2) is 18.5 Å². The Morgan fingerprint density at radius 1 is 1.15 bits per heavy atom. The van der Waals surface area contributed by atoms with E-state index in [0.717, 1.165) is 24.4 Å². The van der Waals surface area contributed by atoms with Gasteiger partial charge in [-0.25, -0.2) is 4.39 Å². The van der Waals surface area contributed by atoms with Crippen molar-refractivity contribution in [3.63, 3.8) is 0 Å². The van der Waals surface area contributed by atoms with Gasteiger partial charge in [0, 0.05) is 28.7 Å². The molecule has 0 fully saturated rings. The first-order valence-corrected chi connectivity index (χ1v) is 7.13. The Hall–Kier alpha value is -3.36.